The highest BCUT2D eigenvalue weighted by Crippen LogP contribution is 2.69. The Kier molecular flexibility index (Phi) is 5.83. The van der Waals surface area contributed by atoms with Crippen LogP contribution in [0, 0.1) is 34.0 Å². The molecule has 0 aromatic rings. The molecule has 3 aliphatic carbocycles. The first-order valence-corrected chi connectivity index (χ1v) is 11.3. The topological polar surface area (TPSA) is 63.6 Å². The van der Waals surface area contributed by atoms with E-state index in [-0.39, 0.29) is 34.6 Å². The molecule has 0 aliphatic heterocycles. The summed E-state index contributed by atoms with van der Waals surface area (Å²) in [6.45, 7) is 12.7. The maximum atomic E-state index is 12.2. The molecule has 3 fully saturated rings. The van der Waals surface area contributed by atoms with Gasteiger partial charge in [-0.2, -0.15) is 12.6 Å². The summed E-state index contributed by atoms with van der Waals surface area (Å²) >= 11 is 4.10. The maximum absolute atomic E-state index is 12.2. The first kappa shape index (κ1) is 21.9. The predicted octanol–water partition coefficient (Wildman–Crippen LogP) is 4.21. The van der Waals surface area contributed by atoms with E-state index >= 15 is 0 Å². The van der Waals surface area contributed by atoms with Crippen molar-refractivity contribution in [3.63, 3.8) is 0 Å². The van der Waals surface area contributed by atoms with Gasteiger partial charge in [0.15, 0.2) is 0 Å². The molecule has 0 aromatic heterocycles. The molecular formula is C23H36O4S. The van der Waals surface area contributed by atoms with Crippen LogP contribution in [0.5, 0.6) is 0 Å². The van der Waals surface area contributed by atoms with Gasteiger partial charge in [0.05, 0.1) is 11.9 Å². The van der Waals surface area contributed by atoms with Crippen molar-refractivity contribution in [1.82, 2.24) is 0 Å². The molecule has 3 saturated carbocycles. The summed E-state index contributed by atoms with van der Waals surface area (Å²) in [4.78, 5) is 24.3. The Hall–Kier alpha value is -0.810. The molecule has 4 nitrogen and oxygen atoms in total. The normalized spacial score (nSPS) is 45.4. The van der Waals surface area contributed by atoms with Crippen LogP contribution in [-0.4, -0.2) is 34.8 Å². The van der Waals surface area contributed by atoms with Gasteiger partial charge in [0.25, 0.3) is 0 Å². The fourth-order valence-corrected chi connectivity index (χ4v) is 6.82. The third-order valence-corrected chi connectivity index (χ3v) is 9.34. The molecule has 0 aromatic carbocycles. The number of thiol groups is 1. The Labute approximate surface area is 174 Å². The molecule has 3 unspecified atom stereocenters. The van der Waals surface area contributed by atoms with Crippen LogP contribution in [-0.2, 0) is 14.3 Å². The van der Waals surface area contributed by atoms with Gasteiger partial charge in [-0.05, 0) is 48.9 Å². The average molecular weight is 409 g/mol. The van der Waals surface area contributed by atoms with Crippen LogP contribution < -0.4 is 0 Å². The number of carbonyl (C=O) groups excluding carboxylic acids is 2. The third-order valence-electron chi connectivity index (χ3n) is 9.08. The van der Waals surface area contributed by atoms with E-state index in [2.05, 4.69) is 40.0 Å². The summed E-state index contributed by atoms with van der Waals surface area (Å²) in [5.74, 6) is 0.875. The van der Waals surface area contributed by atoms with Gasteiger partial charge >= 0.3 is 5.97 Å². The van der Waals surface area contributed by atoms with Crippen molar-refractivity contribution in [2.75, 3.05) is 5.75 Å². The minimum absolute atomic E-state index is 0.0506. The van der Waals surface area contributed by atoms with Crippen LogP contribution >= 0.6 is 12.6 Å². The maximum Gasteiger partial charge on any atom is 0.315 e. The van der Waals surface area contributed by atoms with Crippen molar-refractivity contribution in [3.8, 4) is 0 Å². The highest BCUT2D eigenvalue weighted by molar-refractivity contribution is 7.81. The van der Waals surface area contributed by atoms with Crippen LogP contribution in [0.4, 0.5) is 0 Å². The lowest BCUT2D eigenvalue weighted by Crippen LogP contribution is -2.66. The second kappa shape index (κ2) is 7.46. The largest absolute Gasteiger partial charge is 0.461 e. The average Bonchev–Trinajstić information content (AvgIpc) is 2.69. The number of ether oxygens (including phenoxy) is 1. The molecular weight excluding hydrogens is 372 g/mol. The summed E-state index contributed by atoms with van der Waals surface area (Å²) in [7, 11) is 0. The van der Waals surface area contributed by atoms with E-state index < -0.39 is 11.5 Å². The van der Waals surface area contributed by atoms with Crippen LogP contribution in [0.15, 0.2) is 12.7 Å². The number of fused-ring (bicyclic) bond motifs is 2. The Morgan fingerprint density at radius 2 is 1.93 bits per heavy atom. The van der Waals surface area contributed by atoms with Crippen LogP contribution in [0.25, 0.3) is 0 Å². The van der Waals surface area contributed by atoms with Crippen molar-refractivity contribution in [1.29, 1.82) is 0 Å². The smallest absolute Gasteiger partial charge is 0.315 e. The second-order valence-electron chi connectivity index (χ2n) is 10.1. The lowest BCUT2D eigenvalue weighted by Gasteiger charge is -2.68. The molecule has 0 heterocycles. The predicted molar refractivity (Wildman–Crippen MR) is 113 cm³/mol. The van der Waals surface area contributed by atoms with Crippen molar-refractivity contribution < 1.29 is 19.4 Å². The monoisotopic (exact) mass is 408 g/mol. The van der Waals surface area contributed by atoms with Crippen LogP contribution in [0.1, 0.15) is 66.2 Å². The fourth-order valence-electron chi connectivity index (χ4n) is 6.75. The lowest BCUT2D eigenvalue weighted by molar-refractivity contribution is -0.241. The van der Waals surface area contributed by atoms with Crippen molar-refractivity contribution >= 4 is 24.4 Å². The molecule has 28 heavy (non-hydrogen) atoms. The number of hydrogen-bond donors (Lipinski definition) is 2. The van der Waals surface area contributed by atoms with E-state index in [0.29, 0.717) is 36.9 Å². The summed E-state index contributed by atoms with van der Waals surface area (Å²) < 4.78 is 5.98. The number of rotatable bonds is 3. The number of Topliss-reactive ketones (excluding diaryl/α,β-unsaturated/α-hetero) is 1. The van der Waals surface area contributed by atoms with Gasteiger partial charge in [-0.1, -0.05) is 33.8 Å². The second-order valence-corrected chi connectivity index (χ2v) is 10.4. The highest BCUT2D eigenvalue weighted by atomic mass is 32.1. The minimum atomic E-state index is -0.587. The van der Waals surface area contributed by atoms with Gasteiger partial charge in [0, 0.05) is 23.7 Å². The van der Waals surface area contributed by atoms with Gasteiger partial charge in [-0.3, -0.25) is 9.59 Å². The van der Waals surface area contributed by atoms with Gasteiger partial charge in [0.2, 0.25) is 0 Å². The molecule has 3 rings (SSSR count). The molecule has 0 saturated heterocycles. The molecule has 0 amide bonds. The summed E-state index contributed by atoms with van der Waals surface area (Å²) in [6.07, 6.45) is 5.39. The quantitative estimate of drug-likeness (QED) is 0.417. The fraction of sp³-hybridized carbons (Fsp3) is 0.826. The van der Waals surface area contributed by atoms with Crippen molar-refractivity contribution in [3.05, 3.63) is 12.7 Å². The zero-order chi connectivity index (χ0) is 20.9. The highest BCUT2D eigenvalue weighted by Gasteiger charge is 2.67. The zero-order valence-corrected chi connectivity index (χ0v) is 18.6. The van der Waals surface area contributed by atoms with Gasteiger partial charge in [-0.15, -0.1) is 6.58 Å². The Balaban J connectivity index is 2.11. The van der Waals surface area contributed by atoms with Crippen LogP contribution in [0.2, 0.25) is 0 Å². The lowest BCUT2D eigenvalue weighted by atomic mass is 9.37. The summed E-state index contributed by atoms with van der Waals surface area (Å²) in [5, 5.41) is 11.5. The number of aliphatic hydroxyl groups is 1. The standard InChI is InChI=1S/C23H36O4S/c1-6-21(4)12-18(27-19(25)13-28)22(5)14(2)11-17(22)23(15(3)20(21)26)9-7-16(24)8-10-23/h6,14-15,17-18,20,26,28H,1,7-13H2,2-5H3/t14?,15-,17?,18+,20?,21+,22+/m0/s1. The number of carbonyl (C=O) groups is 2. The van der Waals surface area contributed by atoms with E-state index in [0.717, 1.165) is 19.3 Å². The van der Waals surface area contributed by atoms with Crippen molar-refractivity contribution in [2.45, 2.75) is 78.4 Å². The zero-order valence-electron chi connectivity index (χ0n) is 17.7. The van der Waals surface area contributed by atoms with E-state index in [9.17, 15) is 14.7 Å². The van der Waals surface area contributed by atoms with Gasteiger partial charge < -0.3 is 9.84 Å². The number of hydrogen-bond acceptors (Lipinski definition) is 5. The van der Waals surface area contributed by atoms with E-state index in [1.165, 1.54) is 0 Å². The molecule has 0 bridgehead atoms. The Morgan fingerprint density at radius 3 is 2.43 bits per heavy atom. The minimum Gasteiger partial charge on any atom is -0.461 e. The Bertz CT molecular complexity index is 651. The summed E-state index contributed by atoms with van der Waals surface area (Å²) in [5.41, 5.74) is -0.832. The Morgan fingerprint density at radius 1 is 1.32 bits per heavy atom. The first-order chi connectivity index (χ1) is 13.0. The molecule has 0 radical (unpaired) electrons. The van der Waals surface area contributed by atoms with Crippen LogP contribution in [0.3, 0.4) is 0 Å². The number of aliphatic hydroxyl groups excluding tert-OH is 1. The molecule has 5 heteroatoms. The summed E-state index contributed by atoms with van der Waals surface area (Å²) in [6, 6.07) is 0. The van der Waals surface area contributed by atoms with E-state index in [1.54, 1.807) is 0 Å². The third kappa shape index (κ3) is 3.08. The molecule has 1 spiro atoms. The van der Waals surface area contributed by atoms with Gasteiger partial charge in [0.1, 0.15) is 11.9 Å². The van der Waals surface area contributed by atoms with Crippen molar-refractivity contribution in [2.24, 2.45) is 34.0 Å². The number of ketones is 1. The molecule has 1 N–H and O–H groups in total. The van der Waals surface area contributed by atoms with E-state index in [1.807, 2.05) is 13.0 Å². The van der Waals surface area contributed by atoms with E-state index in [4.69, 9.17) is 4.74 Å². The number of esters is 1. The molecule has 3 aliphatic rings. The SMILES string of the molecule is C=C[C@]1(C)C[C@@H](OC(=O)CS)[C@]2(C)C(C)CC2C2(CCC(=O)CC2)[C@@H](C)C1O. The first-order valence-electron chi connectivity index (χ1n) is 10.7. The molecule has 7 atom stereocenters. The molecule has 158 valence electrons. The van der Waals surface area contributed by atoms with Gasteiger partial charge in [-0.25, -0.2) is 0 Å².